The summed E-state index contributed by atoms with van der Waals surface area (Å²) < 4.78 is 30.4. The largest absolute Gasteiger partial charge is 0.269 e. The molecule has 0 aromatic carbocycles. The quantitative estimate of drug-likeness (QED) is 0.799. The van der Waals surface area contributed by atoms with Crippen LogP contribution < -0.4 is 0 Å². The molecule has 0 unspecified atom stereocenters. The van der Waals surface area contributed by atoms with Crippen LogP contribution in [0.25, 0.3) is 0 Å². The van der Waals surface area contributed by atoms with E-state index in [2.05, 4.69) is 5.10 Å². The summed E-state index contributed by atoms with van der Waals surface area (Å²) >= 11 is 0. The summed E-state index contributed by atoms with van der Waals surface area (Å²) in [6.45, 7) is 12.6. The number of rotatable bonds is 5. The molecule has 1 saturated carbocycles. The van der Waals surface area contributed by atoms with Gasteiger partial charge in [0, 0.05) is 30.2 Å². The monoisotopic (exact) mass is 355 g/mol. The number of hydrogen-bond acceptors (Lipinski definition) is 3. The van der Waals surface area contributed by atoms with Gasteiger partial charge in [0.25, 0.3) is 0 Å². The third kappa shape index (κ3) is 3.85. The van der Waals surface area contributed by atoms with E-state index >= 15 is 0 Å². The third-order valence-corrected chi connectivity index (χ3v) is 6.85. The SMILES string of the molecule is CCN(C1CCCCC1)S(=O)(=O)c1cn(C(C)C)nc1C(C)(C)C. The second-order valence-electron chi connectivity index (χ2n) is 8.17. The fourth-order valence-corrected chi connectivity index (χ4v) is 5.50. The molecule has 1 aliphatic carbocycles. The van der Waals surface area contributed by atoms with Crippen molar-refractivity contribution in [3.63, 3.8) is 0 Å². The Bertz CT molecular complexity index is 650. The zero-order valence-electron chi connectivity index (χ0n) is 16.0. The molecule has 1 aromatic heterocycles. The van der Waals surface area contributed by atoms with Crippen LogP contribution in [0.5, 0.6) is 0 Å². The molecule has 138 valence electrons. The second-order valence-corrected chi connectivity index (χ2v) is 10.0. The van der Waals surface area contributed by atoms with Gasteiger partial charge in [-0.25, -0.2) is 8.42 Å². The predicted octanol–water partition coefficient (Wildman–Crippen LogP) is 4.10. The molecular weight excluding hydrogens is 322 g/mol. The molecule has 24 heavy (non-hydrogen) atoms. The first-order valence-corrected chi connectivity index (χ1v) is 10.6. The van der Waals surface area contributed by atoms with Crippen molar-refractivity contribution in [2.75, 3.05) is 6.54 Å². The van der Waals surface area contributed by atoms with E-state index < -0.39 is 10.0 Å². The highest BCUT2D eigenvalue weighted by atomic mass is 32.2. The molecule has 6 heteroatoms. The third-order valence-electron chi connectivity index (χ3n) is 4.82. The van der Waals surface area contributed by atoms with Crippen molar-refractivity contribution in [2.45, 2.75) is 96.0 Å². The second kappa shape index (κ2) is 7.16. The van der Waals surface area contributed by atoms with Crippen molar-refractivity contribution in [3.8, 4) is 0 Å². The van der Waals surface area contributed by atoms with E-state index in [1.807, 2.05) is 41.5 Å². The van der Waals surface area contributed by atoms with Gasteiger partial charge in [-0.3, -0.25) is 4.68 Å². The van der Waals surface area contributed by atoms with Gasteiger partial charge in [-0.05, 0) is 26.7 Å². The molecule has 1 aromatic rings. The summed E-state index contributed by atoms with van der Waals surface area (Å²) in [6, 6.07) is 0.267. The van der Waals surface area contributed by atoms with Crippen LogP contribution in [-0.2, 0) is 15.4 Å². The Morgan fingerprint density at radius 3 is 2.29 bits per heavy atom. The summed E-state index contributed by atoms with van der Waals surface area (Å²) in [7, 11) is -3.53. The summed E-state index contributed by atoms with van der Waals surface area (Å²) in [5.74, 6) is 0. The van der Waals surface area contributed by atoms with Crippen molar-refractivity contribution < 1.29 is 8.42 Å². The molecule has 5 nitrogen and oxygen atoms in total. The van der Waals surface area contributed by atoms with Gasteiger partial charge in [-0.15, -0.1) is 0 Å². The molecule has 1 fully saturated rings. The Morgan fingerprint density at radius 2 is 1.83 bits per heavy atom. The van der Waals surface area contributed by atoms with E-state index in [0.29, 0.717) is 17.1 Å². The van der Waals surface area contributed by atoms with Gasteiger partial charge in [0.2, 0.25) is 10.0 Å². The maximum Gasteiger partial charge on any atom is 0.246 e. The first-order valence-electron chi connectivity index (χ1n) is 9.20. The molecule has 0 atom stereocenters. The van der Waals surface area contributed by atoms with Crippen molar-refractivity contribution in [2.24, 2.45) is 0 Å². The van der Waals surface area contributed by atoms with E-state index in [4.69, 9.17) is 0 Å². The smallest absolute Gasteiger partial charge is 0.246 e. The van der Waals surface area contributed by atoms with Crippen molar-refractivity contribution in [1.29, 1.82) is 0 Å². The molecule has 0 N–H and O–H groups in total. The average molecular weight is 356 g/mol. The van der Waals surface area contributed by atoms with Crippen LogP contribution in [0.4, 0.5) is 0 Å². The minimum absolute atomic E-state index is 0.129. The Hall–Kier alpha value is -0.880. The molecule has 2 rings (SSSR count). The average Bonchev–Trinajstić information content (AvgIpc) is 2.95. The fraction of sp³-hybridized carbons (Fsp3) is 0.833. The van der Waals surface area contributed by atoms with Gasteiger partial charge in [0.05, 0.1) is 5.69 Å². The summed E-state index contributed by atoms with van der Waals surface area (Å²) in [5, 5.41) is 4.62. The summed E-state index contributed by atoms with van der Waals surface area (Å²) in [5.41, 5.74) is 0.361. The highest BCUT2D eigenvalue weighted by Gasteiger charge is 2.37. The Balaban J connectivity index is 2.50. The van der Waals surface area contributed by atoms with E-state index in [1.54, 1.807) is 15.2 Å². The lowest BCUT2D eigenvalue weighted by Gasteiger charge is -2.33. The highest BCUT2D eigenvalue weighted by Crippen LogP contribution is 2.33. The van der Waals surface area contributed by atoms with Crippen LogP contribution in [0.3, 0.4) is 0 Å². The van der Waals surface area contributed by atoms with E-state index in [9.17, 15) is 8.42 Å². The minimum Gasteiger partial charge on any atom is -0.269 e. The molecule has 0 amide bonds. The first-order chi connectivity index (χ1) is 11.1. The lowest BCUT2D eigenvalue weighted by molar-refractivity contribution is 0.261. The maximum absolute atomic E-state index is 13.4. The van der Waals surface area contributed by atoms with Crippen molar-refractivity contribution in [1.82, 2.24) is 14.1 Å². The van der Waals surface area contributed by atoms with Crippen LogP contribution in [0.15, 0.2) is 11.1 Å². The Kier molecular flexibility index (Phi) is 5.80. The van der Waals surface area contributed by atoms with Crippen LogP contribution in [0.2, 0.25) is 0 Å². The molecule has 0 spiro atoms. The number of aromatic nitrogens is 2. The summed E-state index contributed by atoms with van der Waals surface area (Å²) in [6.07, 6.45) is 7.12. The number of hydrogen-bond donors (Lipinski definition) is 0. The Labute approximate surface area is 147 Å². The lowest BCUT2D eigenvalue weighted by Crippen LogP contribution is -2.41. The molecular formula is C18H33N3O2S. The normalized spacial score (nSPS) is 17.8. The highest BCUT2D eigenvalue weighted by molar-refractivity contribution is 7.89. The maximum atomic E-state index is 13.4. The molecule has 0 radical (unpaired) electrons. The van der Waals surface area contributed by atoms with Gasteiger partial charge in [-0.2, -0.15) is 9.40 Å². The first kappa shape index (κ1) is 19.4. The zero-order valence-corrected chi connectivity index (χ0v) is 16.9. The zero-order chi connectivity index (χ0) is 18.1. The lowest BCUT2D eigenvalue weighted by atomic mass is 9.92. The van der Waals surface area contributed by atoms with E-state index in [0.717, 1.165) is 25.7 Å². The summed E-state index contributed by atoms with van der Waals surface area (Å²) in [4.78, 5) is 0.385. The molecule has 0 aliphatic heterocycles. The minimum atomic E-state index is -3.53. The van der Waals surface area contributed by atoms with Crippen molar-refractivity contribution >= 4 is 10.0 Å². The van der Waals surface area contributed by atoms with Crippen LogP contribution in [0.1, 0.15) is 85.4 Å². The molecule has 1 aliphatic rings. The van der Waals surface area contributed by atoms with Crippen LogP contribution >= 0.6 is 0 Å². The molecule has 0 bridgehead atoms. The van der Waals surface area contributed by atoms with Crippen molar-refractivity contribution in [3.05, 3.63) is 11.9 Å². The van der Waals surface area contributed by atoms with E-state index in [-0.39, 0.29) is 17.5 Å². The van der Waals surface area contributed by atoms with Gasteiger partial charge in [0.1, 0.15) is 4.90 Å². The standard InChI is InChI=1S/C18H33N3O2S/c1-7-21(15-11-9-8-10-12-15)24(22,23)16-13-20(14(2)3)19-17(16)18(4,5)6/h13-15H,7-12H2,1-6H3. The predicted molar refractivity (Wildman–Crippen MR) is 97.8 cm³/mol. The fourth-order valence-electron chi connectivity index (χ4n) is 3.47. The topological polar surface area (TPSA) is 55.2 Å². The Morgan fingerprint density at radius 1 is 1.25 bits per heavy atom. The van der Waals surface area contributed by atoms with Gasteiger partial charge >= 0.3 is 0 Å². The van der Waals surface area contributed by atoms with Crippen LogP contribution in [0, 0.1) is 0 Å². The van der Waals surface area contributed by atoms with E-state index in [1.165, 1.54) is 6.42 Å². The number of sulfonamides is 1. The molecule has 0 saturated heterocycles. The number of nitrogens with zero attached hydrogens (tertiary/aromatic N) is 3. The van der Waals surface area contributed by atoms with Gasteiger partial charge in [-0.1, -0.05) is 47.0 Å². The molecule has 1 heterocycles. The van der Waals surface area contributed by atoms with Gasteiger partial charge < -0.3 is 0 Å². The van der Waals surface area contributed by atoms with Gasteiger partial charge in [0.15, 0.2) is 0 Å². The van der Waals surface area contributed by atoms with Crippen LogP contribution in [-0.4, -0.2) is 35.1 Å².